The summed E-state index contributed by atoms with van der Waals surface area (Å²) in [5, 5.41) is 19.7. The molecule has 2 atom stereocenters. The molecule has 0 aliphatic carbocycles. The number of phenols is 1. The van der Waals surface area contributed by atoms with E-state index in [4.69, 9.17) is 5.73 Å². The van der Waals surface area contributed by atoms with Crippen molar-refractivity contribution in [2.75, 3.05) is 5.75 Å². The number of hydrazine groups is 1. The van der Waals surface area contributed by atoms with Crippen LogP contribution in [0.2, 0.25) is 0 Å². The van der Waals surface area contributed by atoms with Crippen LogP contribution in [0, 0.1) is 0 Å². The highest BCUT2D eigenvalue weighted by atomic mass is 32.2. The predicted molar refractivity (Wildman–Crippen MR) is 85.1 cm³/mol. The SMILES string of the molecule is CCSC(O)(C(=O)NNC(=O)c1cccc(O)c1)[C@H](N)CC. The lowest BCUT2D eigenvalue weighted by Crippen LogP contribution is -2.59. The molecule has 0 aliphatic heterocycles. The van der Waals surface area contributed by atoms with Gasteiger partial charge in [-0.15, -0.1) is 11.8 Å². The largest absolute Gasteiger partial charge is 0.508 e. The van der Waals surface area contributed by atoms with Crippen molar-refractivity contribution in [2.45, 2.75) is 31.2 Å². The maximum atomic E-state index is 12.1. The molecular formula is C14H21N3O4S. The van der Waals surface area contributed by atoms with Crippen LogP contribution in [-0.4, -0.2) is 38.8 Å². The second kappa shape index (κ2) is 8.02. The van der Waals surface area contributed by atoms with E-state index in [1.54, 1.807) is 13.8 Å². The number of benzene rings is 1. The first kappa shape index (κ1) is 18.3. The molecule has 0 heterocycles. The first-order chi connectivity index (χ1) is 10.3. The summed E-state index contributed by atoms with van der Waals surface area (Å²) < 4.78 is 0. The highest BCUT2D eigenvalue weighted by Crippen LogP contribution is 2.26. The zero-order chi connectivity index (χ0) is 16.8. The van der Waals surface area contributed by atoms with Gasteiger partial charge in [0.1, 0.15) is 5.75 Å². The highest BCUT2D eigenvalue weighted by molar-refractivity contribution is 8.01. The van der Waals surface area contributed by atoms with E-state index in [0.717, 1.165) is 11.8 Å². The summed E-state index contributed by atoms with van der Waals surface area (Å²) in [5.41, 5.74) is 10.3. The minimum atomic E-state index is -1.82. The number of aromatic hydroxyl groups is 1. The summed E-state index contributed by atoms with van der Waals surface area (Å²) in [6.07, 6.45) is 0.400. The molecule has 0 aliphatic rings. The normalized spacial score (nSPS) is 14.7. The predicted octanol–water partition coefficient (Wildman–Crippen LogP) is 0.332. The summed E-state index contributed by atoms with van der Waals surface area (Å²) in [6.45, 7) is 3.54. The average Bonchev–Trinajstić information content (AvgIpc) is 2.51. The molecule has 0 fully saturated rings. The van der Waals surface area contributed by atoms with Crippen LogP contribution < -0.4 is 16.6 Å². The van der Waals surface area contributed by atoms with E-state index < -0.39 is 22.8 Å². The van der Waals surface area contributed by atoms with Crippen molar-refractivity contribution < 1.29 is 19.8 Å². The number of aliphatic hydroxyl groups is 1. The Kier molecular flexibility index (Phi) is 6.66. The van der Waals surface area contributed by atoms with E-state index in [1.165, 1.54) is 24.3 Å². The maximum Gasteiger partial charge on any atom is 0.282 e. The van der Waals surface area contributed by atoms with Gasteiger partial charge in [0.25, 0.3) is 11.8 Å². The maximum absolute atomic E-state index is 12.1. The van der Waals surface area contributed by atoms with Gasteiger partial charge in [-0.1, -0.05) is 19.9 Å². The van der Waals surface area contributed by atoms with E-state index in [1.807, 2.05) is 0 Å². The quantitative estimate of drug-likeness (QED) is 0.379. The standard InChI is InChI=1S/C14H21N3O4S/c1-3-11(15)14(21,22-4-2)13(20)17-16-12(19)9-6-5-7-10(18)8-9/h5-8,11,18,21H,3-4,15H2,1-2H3,(H,16,19)(H,17,20)/t11-,14?/m1/s1. The van der Waals surface area contributed by atoms with E-state index in [0.29, 0.717) is 12.2 Å². The molecule has 1 rings (SSSR count). The Labute approximate surface area is 133 Å². The van der Waals surface area contributed by atoms with Crippen LogP contribution in [0.4, 0.5) is 0 Å². The average molecular weight is 327 g/mol. The summed E-state index contributed by atoms with van der Waals surface area (Å²) in [5.74, 6) is -0.983. The summed E-state index contributed by atoms with van der Waals surface area (Å²) in [7, 11) is 0. The molecule has 0 saturated carbocycles. The molecule has 7 nitrogen and oxygen atoms in total. The van der Waals surface area contributed by atoms with Crippen LogP contribution in [0.3, 0.4) is 0 Å². The molecule has 0 saturated heterocycles. The molecule has 0 aromatic heterocycles. The lowest BCUT2D eigenvalue weighted by Gasteiger charge is -2.30. The number of rotatable bonds is 6. The van der Waals surface area contributed by atoms with Crippen LogP contribution in [0.1, 0.15) is 30.6 Å². The monoisotopic (exact) mass is 327 g/mol. The number of nitrogens with two attached hydrogens (primary N) is 1. The van der Waals surface area contributed by atoms with Gasteiger partial charge in [-0.25, -0.2) is 0 Å². The van der Waals surface area contributed by atoms with Gasteiger partial charge < -0.3 is 15.9 Å². The zero-order valence-corrected chi connectivity index (χ0v) is 13.3. The first-order valence-corrected chi connectivity index (χ1v) is 7.85. The molecule has 8 heteroatoms. The molecule has 1 aromatic carbocycles. The summed E-state index contributed by atoms with van der Waals surface area (Å²) in [6, 6.07) is 4.89. The van der Waals surface area contributed by atoms with Gasteiger partial charge >= 0.3 is 0 Å². The third-order valence-electron chi connectivity index (χ3n) is 3.03. The second-order valence-corrected chi connectivity index (χ2v) is 6.09. The lowest BCUT2D eigenvalue weighted by atomic mass is 10.1. The van der Waals surface area contributed by atoms with Gasteiger partial charge in [0, 0.05) is 5.56 Å². The third kappa shape index (κ3) is 4.36. The Balaban J connectivity index is 2.73. The van der Waals surface area contributed by atoms with Crippen molar-refractivity contribution in [3.8, 4) is 5.75 Å². The van der Waals surface area contributed by atoms with Crippen LogP contribution in [0.15, 0.2) is 24.3 Å². The van der Waals surface area contributed by atoms with Crippen LogP contribution >= 0.6 is 11.8 Å². The Morgan fingerprint density at radius 2 is 2.05 bits per heavy atom. The van der Waals surface area contributed by atoms with Crippen LogP contribution in [-0.2, 0) is 4.79 Å². The third-order valence-corrected chi connectivity index (χ3v) is 4.25. The summed E-state index contributed by atoms with van der Waals surface area (Å²) >= 11 is 0.997. The first-order valence-electron chi connectivity index (χ1n) is 6.86. The molecule has 6 N–H and O–H groups in total. The van der Waals surface area contributed by atoms with Crippen molar-refractivity contribution in [1.29, 1.82) is 0 Å². The molecule has 2 amide bonds. The molecular weight excluding hydrogens is 306 g/mol. The fraction of sp³-hybridized carbons (Fsp3) is 0.429. The molecule has 22 heavy (non-hydrogen) atoms. The highest BCUT2D eigenvalue weighted by Gasteiger charge is 2.41. The Morgan fingerprint density at radius 1 is 1.36 bits per heavy atom. The smallest absolute Gasteiger partial charge is 0.282 e. The van der Waals surface area contributed by atoms with Gasteiger partial charge in [-0.05, 0) is 30.4 Å². The van der Waals surface area contributed by atoms with Gasteiger partial charge in [0.15, 0.2) is 0 Å². The van der Waals surface area contributed by atoms with E-state index in [-0.39, 0.29) is 11.3 Å². The topological polar surface area (TPSA) is 125 Å². The van der Waals surface area contributed by atoms with Gasteiger partial charge in [0.2, 0.25) is 4.93 Å². The molecule has 0 spiro atoms. The van der Waals surface area contributed by atoms with E-state index in [2.05, 4.69) is 10.9 Å². The zero-order valence-electron chi connectivity index (χ0n) is 12.5. The number of phenolic OH excluding ortho intramolecular Hbond substituents is 1. The number of carbonyl (C=O) groups is 2. The Hall–Kier alpha value is -1.77. The van der Waals surface area contributed by atoms with Gasteiger partial charge in [-0.3, -0.25) is 20.4 Å². The van der Waals surface area contributed by atoms with Crippen molar-refractivity contribution in [3.63, 3.8) is 0 Å². The number of hydrogen-bond donors (Lipinski definition) is 5. The molecule has 122 valence electrons. The number of amides is 2. The van der Waals surface area contributed by atoms with E-state index in [9.17, 15) is 19.8 Å². The van der Waals surface area contributed by atoms with E-state index >= 15 is 0 Å². The minimum absolute atomic E-state index is 0.0648. The lowest BCUT2D eigenvalue weighted by molar-refractivity contribution is -0.133. The van der Waals surface area contributed by atoms with Crippen molar-refractivity contribution >= 4 is 23.6 Å². The Morgan fingerprint density at radius 3 is 2.59 bits per heavy atom. The molecule has 0 bridgehead atoms. The van der Waals surface area contributed by atoms with Gasteiger partial charge in [0.05, 0.1) is 6.04 Å². The Bertz CT molecular complexity index is 541. The second-order valence-electron chi connectivity index (χ2n) is 4.60. The van der Waals surface area contributed by atoms with Gasteiger partial charge in [-0.2, -0.15) is 0 Å². The van der Waals surface area contributed by atoms with Crippen molar-refractivity contribution in [1.82, 2.24) is 10.9 Å². The van der Waals surface area contributed by atoms with Crippen LogP contribution in [0.5, 0.6) is 5.75 Å². The number of hydrogen-bond acceptors (Lipinski definition) is 6. The number of thioether (sulfide) groups is 1. The fourth-order valence-corrected chi connectivity index (χ4v) is 2.76. The number of carbonyl (C=O) groups excluding carboxylic acids is 2. The minimum Gasteiger partial charge on any atom is -0.508 e. The van der Waals surface area contributed by atoms with Crippen molar-refractivity contribution in [3.05, 3.63) is 29.8 Å². The van der Waals surface area contributed by atoms with Crippen LogP contribution in [0.25, 0.3) is 0 Å². The fourth-order valence-electron chi connectivity index (χ4n) is 1.76. The molecule has 1 unspecified atom stereocenters. The molecule has 0 radical (unpaired) electrons. The molecule has 1 aromatic rings. The number of nitrogens with one attached hydrogen (secondary N) is 2. The van der Waals surface area contributed by atoms with Crippen molar-refractivity contribution in [2.24, 2.45) is 5.73 Å². The summed E-state index contributed by atoms with van der Waals surface area (Å²) in [4.78, 5) is 22.2.